The highest BCUT2D eigenvalue weighted by Crippen LogP contribution is 2.29. The molecule has 3 rings (SSSR count). The molecular formula is C26H29Cl2N3O3. The number of hydrogen-bond donors (Lipinski definition) is 1. The molecule has 2 aromatic carbocycles. The predicted octanol–water partition coefficient (Wildman–Crippen LogP) is 4.77. The highest BCUT2D eigenvalue weighted by molar-refractivity contribution is 6.34. The van der Waals surface area contributed by atoms with Crippen molar-refractivity contribution in [1.82, 2.24) is 4.90 Å². The number of amides is 1. The fraction of sp³-hybridized carbons (Fsp3) is 0.385. The molecule has 8 heteroatoms. The van der Waals surface area contributed by atoms with E-state index in [1.165, 1.54) is 4.90 Å². The Kier molecular flexibility index (Phi) is 8.16. The molecule has 0 fully saturated rings. The Bertz CT molecular complexity index is 1130. The minimum atomic E-state index is -0.848. The Labute approximate surface area is 210 Å². The average molecular weight is 502 g/mol. The molecule has 6 nitrogen and oxygen atoms in total. The number of ketones is 2. The number of nitrogens with zero attached hydrogens (tertiary/aromatic N) is 2. The zero-order valence-electron chi connectivity index (χ0n) is 19.6. The van der Waals surface area contributed by atoms with Gasteiger partial charge in [-0.15, -0.1) is 0 Å². The number of benzene rings is 2. The van der Waals surface area contributed by atoms with Crippen LogP contribution in [0, 0.1) is 5.92 Å². The van der Waals surface area contributed by atoms with Crippen molar-refractivity contribution in [2.24, 2.45) is 16.6 Å². The normalized spacial score (nSPS) is 17.9. The van der Waals surface area contributed by atoms with Crippen LogP contribution in [0.4, 0.5) is 0 Å². The van der Waals surface area contributed by atoms with E-state index in [-0.39, 0.29) is 49.2 Å². The van der Waals surface area contributed by atoms with E-state index in [1.807, 2.05) is 45.0 Å². The Hall–Kier alpha value is -2.70. The topological polar surface area (TPSA) is 92.8 Å². The summed E-state index contributed by atoms with van der Waals surface area (Å²) in [4.78, 5) is 43.8. The van der Waals surface area contributed by atoms with Crippen LogP contribution in [-0.2, 0) is 33.8 Å². The average Bonchev–Trinajstić information content (AvgIpc) is 2.89. The van der Waals surface area contributed by atoms with Crippen molar-refractivity contribution < 1.29 is 14.4 Å². The molecule has 2 N–H and O–H groups in total. The first-order valence-corrected chi connectivity index (χ1v) is 11.9. The van der Waals surface area contributed by atoms with Crippen molar-refractivity contribution in [2.45, 2.75) is 58.5 Å². The molecule has 0 aliphatic carbocycles. The van der Waals surface area contributed by atoms with Crippen LogP contribution in [0.2, 0.25) is 10.0 Å². The molecule has 0 saturated carbocycles. The summed E-state index contributed by atoms with van der Waals surface area (Å²) in [6, 6.07) is 12.3. The first kappa shape index (κ1) is 25.9. The van der Waals surface area contributed by atoms with E-state index in [0.717, 1.165) is 11.1 Å². The number of carbonyl (C=O) groups excluding carboxylic acids is 3. The number of rotatable bonds is 10. The van der Waals surface area contributed by atoms with Gasteiger partial charge >= 0.3 is 0 Å². The van der Waals surface area contributed by atoms with Gasteiger partial charge in [0.25, 0.3) is 5.91 Å². The van der Waals surface area contributed by atoms with Crippen molar-refractivity contribution in [3.05, 3.63) is 69.2 Å². The Morgan fingerprint density at radius 2 is 1.59 bits per heavy atom. The minimum Gasteiger partial charge on any atom is -0.369 e. The van der Waals surface area contributed by atoms with Gasteiger partial charge in [-0.3, -0.25) is 19.3 Å². The SMILES string of the molecule is CC(C)CC1(C)N=C(N)N(Cc2cccc(CC(=O)CC(=O)Cc3cc(Cl)cc(Cl)c3)c2)C1=O. The number of halogens is 2. The van der Waals surface area contributed by atoms with Crippen LogP contribution in [0.5, 0.6) is 0 Å². The maximum absolute atomic E-state index is 13.0. The summed E-state index contributed by atoms with van der Waals surface area (Å²) < 4.78 is 0. The van der Waals surface area contributed by atoms with Gasteiger partial charge in [0.2, 0.25) is 0 Å². The van der Waals surface area contributed by atoms with E-state index in [0.29, 0.717) is 27.9 Å². The molecule has 0 radical (unpaired) electrons. The molecule has 0 spiro atoms. The van der Waals surface area contributed by atoms with E-state index in [9.17, 15) is 14.4 Å². The maximum atomic E-state index is 13.0. The summed E-state index contributed by atoms with van der Waals surface area (Å²) >= 11 is 12.0. The van der Waals surface area contributed by atoms with Gasteiger partial charge in [0.05, 0.1) is 13.0 Å². The van der Waals surface area contributed by atoms with E-state index in [4.69, 9.17) is 28.9 Å². The molecule has 1 aliphatic heterocycles. The fourth-order valence-corrected chi connectivity index (χ4v) is 4.94. The largest absolute Gasteiger partial charge is 0.369 e. The van der Waals surface area contributed by atoms with Gasteiger partial charge in [-0.2, -0.15) is 0 Å². The summed E-state index contributed by atoms with van der Waals surface area (Å²) in [5, 5.41) is 0.898. The van der Waals surface area contributed by atoms with Crippen molar-refractivity contribution in [2.75, 3.05) is 0 Å². The predicted molar refractivity (Wildman–Crippen MR) is 135 cm³/mol. The quantitative estimate of drug-likeness (QED) is 0.474. The second-order valence-electron chi connectivity index (χ2n) is 9.44. The minimum absolute atomic E-state index is 0.0941. The summed E-state index contributed by atoms with van der Waals surface area (Å²) in [5.74, 6) is 0.0142. The lowest BCUT2D eigenvalue weighted by atomic mass is 9.91. The summed E-state index contributed by atoms with van der Waals surface area (Å²) in [7, 11) is 0. The zero-order valence-corrected chi connectivity index (χ0v) is 21.1. The maximum Gasteiger partial charge on any atom is 0.257 e. The van der Waals surface area contributed by atoms with Gasteiger partial charge < -0.3 is 5.73 Å². The molecule has 1 aliphatic rings. The molecule has 1 unspecified atom stereocenters. The van der Waals surface area contributed by atoms with Crippen molar-refractivity contribution in [3.63, 3.8) is 0 Å². The van der Waals surface area contributed by atoms with Gasteiger partial charge in [-0.05, 0) is 54.2 Å². The van der Waals surface area contributed by atoms with Gasteiger partial charge in [-0.1, -0.05) is 61.3 Å². The first-order chi connectivity index (χ1) is 15.9. The molecule has 1 amide bonds. The van der Waals surface area contributed by atoms with E-state index < -0.39 is 5.54 Å². The molecule has 2 aromatic rings. The second-order valence-corrected chi connectivity index (χ2v) is 10.3. The Balaban J connectivity index is 1.60. The van der Waals surface area contributed by atoms with Gasteiger partial charge in [-0.25, -0.2) is 4.99 Å². The van der Waals surface area contributed by atoms with Crippen molar-refractivity contribution in [1.29, 1.82) is 0 Å². The van der Waals surface area contributed by atoms with Gasteiger partial charge in [0, 0.05) is 22.9 Å². The van der Waals surface area contributed by atoms with Crippen molar-refractivity contribution in [3.8, 4) is 0 Å². The van der Waals surface area contributed by atoms with Crippen LogP contribution in [0.3, 0.4) is 0 Å². The monoisotopic (exact) mass is 501 g/mol. The van der Waals surface area contributed by atoms with Crippen LogP contribution in [0.15, 0.2) is 47.5 Å². The molecule has 0 aromatic heterocycles. The highest BCUT2D eigenvalue weighted by atomic mass is 35.5. The van der Waals surface area contributed by atoms with Crippen LogP contribution in [0.1, 0.15) is 50.3 Å². The van der Waals surface area contributed by atoms with E-state index in [1.54, 1.807) is 18.2 Å². The Morgan fingerprint density at radius 1 is 1.00 bits per heavy atom. The smallest absolute Gasteiger partial charge is 0.257 e. The lowest BCUT2D eigenvalue weighted by molar-refractivity contribution is -0.131. The molecule has 1 heterocycles. The van der Waals surface area contributed by atoms with Gasteiger partial charge in [0.1, 0.15) is 17.1 Å². The molecule has 34 heavy (non-hydrogen) atoms. The highest BCUT2D eigenvalue weighted by Gasteiger charge is 2.44. The third-order valence-corrected chi connectivity index (χ3v) is 6.04. The summed E-state index contributed by atoms with van der Waals surface area (Å²) in [5.41, 5.74) is 7.51. The third-order valence-electron chi connectivity index (χ3n) is 5.60. The lowest BCUT2D eigenvalue weighted by Gasteiger charge is -2.23. The summed E-state index contributed by atoms with van der Waals surface area (Å²) in [6.45, 7) is 6.18. The number of aliphatic imine (C=N–C) groups is 1. The Morgan fingerprint density at radius 3 is 2.21 bits per heavy atom. The molecule has 1 atom stereocenters. The number of carbonyl (C=O) groups is 3. The van der Waals surface area contributed by atoms with Gasteiger partial charge in [0.15, 0.2) is 5.96 Å². The zero-order chi connectivity index (χ0) is 25.0. The van der Waals surface area contributed by atoms with Crippen LogP contribution in [0.25, 0.3) is 0 Å². The fourth-order valence-electron chi connectivity index (χ4n) is 4.37. The van der Waals surface area contributed by atoms with Crippen molar-refractivity contribution >= 4 is 46.6 Å². The molecular weight excluding hydrogens is 473 g/mol. The standard InChI is InChI=1S/C26H29Cl2N3O3/c1-16(2)14-26(3)24(34)31(25(29)30-26)15-18-6-4-5-17(7-18)10-22(32)13-23(33)11-19-8-20(27)12-21(28)9-19/h4-9,12,16H,10-11,13-15H2,1-3H3,(H2,29,30). The van der Waals surface area contributed by atoms with Crippen LogP contribution < -0.4 is 5.73 Å². The molecule has 0 bridgehead atoms. The van der Waals surface area contributed by atoms with E-state index in [2.05, 4.69) is 4.99 Å². The first-order valence-electron chi connectivity index (χ1n) is 11.2. The molecule has 0 saturated heterocycles. The lowest BCUT2D eigenvalue weighted by Crippen LogP contribution is -2.43. The third kappa shape index (κ3) is 6.67. The van der Waals surface area contributed by atoms with E-state index >= 15 is 0 Å². The summed E-state index contributed by atoms with van der Waals surface area (Å²) in [6.07, 6.45) is 0.661. The second kappa shape index (κ2) is 10.7. The number of Topliss-reactive ketones (excluding diaryl/α,β-unsaturated/α-hetero) is 2. The number of nitrogens with two attached hydrogens (primary N) is 1. The van der Waals surface area contributed by atoms with Crippen LogP contribution in [-0.4, -0.2) is 33.9 Å². The number of hydrogen-bond acceptors (Lipinski definition) is 5. The molecule has 180 valence electrons. The van der Waals surface area contributed by atoms with Crippen LogP contribution >= 0.6 is 23.2 Å². The number of guanidine groups is 1.